The minimum Gasteiger partial charge on any atom is -0.350 e. The molecule has 0 aliphatic carbocycles. The Labute approximate surface area is 183 Å². The maximum absolute atomic E-state index is 13.4. The molecule has 1 aliphatic heterocycles. The van der Waals surface area contributed by atoms with E-state index in [1.54, 1.807) is 42.5 Å². The number of carbonyl (C=O) groups excluding carboxylic acids is 2. The summed E-state index contributed by atoms with van der Waals surface area (Å²) >= 11 is 0. The lowest BCUT2D eigenvalue weighted by molar-refractivity contribution is -0.137. The van der Waals surface area contributed by atoms with Gasteiger partial charge in [0.25, 0.3) is 11.8 Å². The Morgan fingerprint density at radius 2 is 1.50 bits per heavy atom. The summed E-state index contributed by atoms with van der Waals surface area (Å²) in [6.45, 7) is 3.68. The van der Waals surface area contributed by atoms with E-state index in [9.17, 15) is 22.8 Å². The first-order chi connectivity index (χ1) is 15.2. The Kier molecular flexibility index (Phi) is 5.34. The van der Waals surface area contributed by atoms with Gasteiger partial charge in [-0.1, -0.05) is 48.5 Å². The molecule has 3 aromatic rings. The van der Waals surface area contributed by atoms with Gasteiger partial charge in [-0.3, -0.25) is 9.59 Å². The lowest BCUT2D eigenvalue weighted by Crippen LogP contribution is -2.33. The third kappa shape index (κ3) is 3.77. The molecule has 0 spiro atoms. The quantitative estimate of drug-likeness (QED) is 0.533. The Hall–Kier alpha value is -3.87. The van der Waals surface area contributed by atoms with Crippen LogP contribution in [0.2, 0.25) is 0 Å². The number of aryl methyl sites for hydroxylation is 1. The topological polar surface area (TPSA) is 49.4 Å². The largest absolute Gasteiger partial charge is 0.416 e. The highest BCUT2D eigenvalue weighted by molar-refractivity contribution is 6.46. The molecule has 1 heterocycles. The van der Waals surface area contributed by atoms with Gasteiger partial charge >= 0.3 is 6.18 Å². The zero-order valence-electron chi connectivity index (χ0n) is 17.3. The number of rotatable bonds is 4. The number of alkyl halides is 3. The Balaban J connectivity index is 1.83. The fourth-order valence-corrected chi connectivity index (χ4v) is 3.63. The second-order valence-electron chi connectivity index (χ2n) is 7.48. The van der Waals surface area contributed by atoms with Crippen LogP contribution in [0.3, 0.4) is 0 Å². The van der Waals surface area contributed by atoms with E-state index in [4.69, 9.17) is 0 Å². The van der Waals surface area contributed by atoms with Crippen LogP contribution < -0.4 is 10.2 Å². The average molecular weight is 436 g/mol. The van der Waals surface area contributed by atoms with E-state index in [2.05, 4.69) is 5.32 Å². The van der Waals surface area contributed by atoms with E-state index in [0.29, 0.717) is 11.3 Å². The van der Waals surface area contributed by atoms with Crippen molar-refractivity contribution in [2.24, 2.45) is 0 Å². The molecule has 0 radical (unpaired) electrons. The van der Waals surface area contributed by atoms with Crippen molar-refractivity contribution >= 4 is 28.8 Å². The minimum atomic E-state index is -4.53. The van der Waals surface area contributed by atoms with Crippen LogP contribution in [-0.2, 0) is 15.8 Å². The number of amides is 2. The molecular weight excluding hydrogens is 417 g/mol. The smallest absolute Gasteiger partial charge is 0.350 e. The molecule has 32 heavy (non-hydrogen) atoms. The van der Waals surface area contributed by atoms with E-state index in [0.717, 1.165) is 28.2 Å². The molecule has 1 aliphatic rings. The second-order valence-corrected chi connectivity index (χ2v) is 7.48. The van der Waals surface area contributed by atoms with Crippen molar-refractivity contribution in [3.63, 3.8) is 0 Å². The van der Waals surface area contributed by atoms with Crippen molar-refractivity contribution < 1.29 is 22.8 Å². The number of imide groups is 1. The van der Waals surface area contributed by atoms with Crippen LogP contribution in [0.25, 0.3) is 5.57 Å². The van der Waals surface area contributed by atoms with Crippen molar-refractivity contribution in [3.8, 4) is 0 Å². The summed E-state index contributed by atoms with van der Waals surface area (Å²) in [6, 6.07) is 18.4. The standard InChI is InChI=1S/C25H19F3N2O2/c1-15-8-6-13-20(16(15)2)30-23(31)21(17-9-4-3-5-10-17)22(24(30)32)29-19-12-7-11-18(14-19)25(26,27)28/h3-14,29H,1-2H3. The normalized spacial score (nSPS) is 14.3. The van der Waals surface area contributed by atoms with Crippen molar-refractivity contribution in [1.29, 1.82) is 0 Å². The molecule has 4 rings (SSSR count). The van der Waals surface area contributed by atoms with Crippen LogP contribution in [0.15, 0.2) is 78.5 Å². The lowest BCUT2D eigenvalue weighted by atomic mass is 10.0. The third-order valence-electron chi connectivity index (χ3n) is 5.42. The third-order valence-corrected chi connectivity index (χ3v) is 5.42. The van der Waals surface area contributed by atoms with Crippen LogP contribution in [0.1, 0.15) is 22.3 Å². The molecule has 7 heteroatoms. The summed E-state index contributed by atoms with van der Waals surface area (Å²) < 4.78 is 39.5. The summed E-state index contributed by atoms with van der Waals surface area (Å²) in [4.78, 5) is 27.9. The molecule has 0 fully saturated rings. The first kappa shape index (κ1) is 21.4. The van der Waals surface area contributed by atoms with Crippen LogP contribution in [0, 0.1) is 13.8 Å². The van der Waals surface area contributed by atoms with Gasteiger partial charge in [-0.05, 0) is 54.8 Å². The van der Waals surface area contributed by atoms with Crippen molar-refractivity contribution in [1.82, 2.24) is 0 Å². The van der Waals surface area contributed by atoms with Crippen LogP contribution >= 0.6 is 0 Å². The summed E-state index contributed by atoms with van der Waals surface area (Å²) in [5.41, 5.74) is 1.85. The van der Waals surface area contributed by atoms with Gasteiger partial charge < -0.3 is 5.32 Å². The van der Waals surface area contributed by atoms with Crippen LogP contribution in [-0.4, -0.2) is 11.8 Å². The van der Waals surface area contributed by atoms with Crippen LogP contribution in [0.5, 0.6) is 0 Å². The Morgan fingerprint density at radius 1 is 0.812 bits per heavy atom. The van der Waals surface area contributed by atoms with E-state index < -0.39 is 23.6 Å². The summed E-state index contributed by atoms with van der Waals surface area (Å²) in [6.07, 6.45) is -4.53. The van der Waals surface area contributed by atoms with Gasteiger partial charge in [0.15, 0.2) is 0 Å². The summed E-state index contributed by atoms with van der Waals surface area (Å²) in [5.74, 6) is -1.16. The first-order valence-electron chi connectivity index (χ1n) is 9.87. The fraction of sp³-hybridized carbons (Fsp3) is 0.120. The second kappa shape index (κ2) is 8.00. The van der Waals surface area contributed by atoms with Gasteiger partial charge in [-0.15, -0.1) is 0 Å². The molecule has 0 atom stereocenters. The number of nitrogens with zero attached hydrogens (tertiary/aromatic N) is 1. The van der Waals surface area contributed by atoms with Gasteiger partial charge in [0.05, 0.1) is 16.8 Å². The Morgan fingerprint density at radius 3 is 2.19 bits per heavy atom. The van der Waals surface area contributed by atoms with Crippen molar-refractivity contribution in [2.75, 3.05) is 10.2 Å². The molecule has 4 nitrogen and oxygen atoms in total. The molecule has 2 amide bonds. The summed E-state index contributed by atoms with van der Waals surface area (Å²) in [7, 11) is 0. The van der Waals surface area contributed by atoms with Gasteiger partial charge in [-0.25, -0.2) is 4.90 Å². The highest BCUT2D eigenvalue weighted by Crippen LogP contribution is 2.36. The first-order valence-corrected chi connectivity index (χ1v) is 9.87. The number of halogens is 3. The monoisotopic (exact) mass is 436 g/mol. The maximum Gasteiger partial charge on any atom is 0.416 e. The SMILES string of the molecule is Cc1cccc(N2C(=O)C(Nc3cccc(C(F)(F)F)c3)=C(c3ccccc3)C2=O)c1C. The maximum atomic E-state index is 13.4. The van der Waals surface area contributed by atoms with Gasteiger partial charge in [0, 0.05) is 5.69 Å². The van der Waals surface area contributed by atoms with E-state index in [1.807, 2.05) is 19.9 Å². The molecule has 0 unspecified atom stereocenters. The molecule has 0 saturated carbocycles. The number of benzene rings is 3. The molecule has 0 saturated heterocycles. The lowest BCUT2D eigenvalue weighted by Gasteiger charge is -2.19. The predicted octanol–water partition coefficient (Wildman–Crippen LogP) is 5.72. The van der Waals surface area contributed by atoms with Crippen molar-refractivity contribution in [3.05, 3.63) is 101 Å². The van der Waals surface area contributed by atoms with E-state index >= 15 is 0 Å². The highest BCUT2D eigenvalue weighted by Gasteiger charge is 2.41. The average Bonchev–Trinajstić information content (AvgIpc) is 3.00. The molecule has 1 N–H and O–H groups in total. The molecule has 0 aromatic heterocycles. The number of carbonyl (C=O) groups is 2. The van der Waals surface area contributed by atoms with E-state index in [-0.39, 0.29) is 17.0 Å². The van der Waals surface area contributed by atoms with Crippen LogP contribution in [0.4, 0.5) is 24.5 Å². The molecule has 3 aromatic carbocycles. The molecular formula is C25H19F3N2O2. The molecule has 0 bridgehead atoms. The number of hydrogen-bond acceptors (Lipinski definition) is 3. The highest BCUT2D eigenvalue weighted by atomic mass is 19.4. The van der Waals surface area contributed by atoms with Gasteiger partial charge in [0.2, 0.25) is 0 Å². The van der Waals surface area contributed by atoms with Gasteiger partial charge in [-0.2, -0.15) is 13.2 Å². The molecule has 162 valence electrons. The fourth-order valence-electron chi connectivity index (χ4n) is 3.63. The minimum absolute atomic E-state index is 0.0622. The van der Waals surface area contributed by atoms with Crippen molar-refractivity contribution in [2.45, 2.75) is 20.0 Å². The Bertz CT molecular complexity index is 1250. The zero-order chi connectivity index (χ0) is 23.0. The number of hydrogen-bond donors (Lipinski definition) is 1. The summed E-state index contributed by atoms with van der Waals surface area (Å²) in [5, 5.41) is 2.78. The van der Waals surface area contributed by atoms with Gasteiger partial charge in [0.1, 0.15) is 5.70 Å². The van der Waals surface area contributed by atoms with E-state index in [1.165, 1.54) is 12.1 Å². The number of nitrogens with one attached hydrogen (secondary N) is 1. The predicted molar refractivity (Wildman–Crippen MR) is 117 cm³/mol. The zero-order valence-corrected chi connectivity index (χ0v) is 17.3. The number of anilines is 2.